The maximum Gasteiger partial charge on any atom is 0.490 e. The number of carboxylic acids is 2. The Morgan fingerprint density at radius 2 is 1.53 bits per heavy atom. The smallest absolute Gasteiger partial charge is 0.475 e. The molecule has 1 unspecified atom stereocenters. The molecular weight excluding hydrogens is 635 g/mol. The standard InChI is InChI=1S/C21H19F3N6O.2C2HF3O2/c22-21(23,24)20(31)30-8-2-3-12(11-30)9-16-28-17-13-5-7-25-10-15(13)27-19-14(18(17)29-16)4-1-6-26-19;2*3-2(4,5)1(6)7/h1,4-7,10,12H,2-3,8-9,11H2,(H,26,27)(H,28,29);2*(H,6,7). The van der Waals surface area contributed by atoms with E-state index in [4.69, 9.17) is 24.8 Å². The summed E-state index contributed by atoms with van der Waals surface area (Å²) in [7, 11) is 0. The number of likely N-dealkylation sites (tertiary alicyclic amines) is 1. The van der Waals surface area contributed by atoms with Gasteiger partial charge in [0.25, 0.3) is 0 Å². The molecule has 1 fully saturated rings. The molecule has 4 N–H and O–H groups in total. The number of nitrogens with zero attached hydrogens (tertiary/aromatic N) is 4. The first kappa shape index (κ1) is 34.6. The van der Waals surface area contributed by atoms with Crippen molar-refractivity contribution in [3.63, 3.8) is 0 Å². The van der Waals surface area contributed by atoms with Gasteiger partial charge in [-0.15, -0.1) is 0 Å². The number of alkyl halides is 9. The Balaban J connectivity index is 0.000000331. The van der Waals surface area contributed by atoms with Crippen molar-refractivity contribution in [3.05, 3.63) is 42.6 Å². The second-order valence-electron chi connectivity index (χ2n) is 9.42. The molecule has 2 aliphatic rings. The zero-order chi connectivity index (χ0) is 33.7. The molecule has 3 aromatic rings. The molecule has 20 heteroatoms. The van der Waals surface area contributed by atoms with E-state index >= 15 is 0 Å². The molecule has 45 heavy (non-hydrogen) atoms. The van der Waals surface area contributed by atoms with Crippen molar-refractivity contribution in [2.75, 3.05) is 18.4 Å². The summed E-state index contributed by atoms with van der Waals surface area (Å²) < 4.78 is 102. The number of fused-ring (bicyclic) bond motifs is 5. The lowest BCUT2D eigenvalue weighted by Gasteiger charge is -2.32. The topological polar surface area (TPSA) is 161 Å². The molecule has 0 saturated carbocycles. The van der Waals surface area contributed by atoms with E-state index in [1.807, 2.05) is 18.2 Å². The van der Waals surface area contributed by atoms with E-state index in [0.29, 0.717) is 24.5 Å². The summed E-state index contributed by atoms with van der Waals surface area (Å²) in [6.07, 6.45) is -8.18. The minimum atomic E-state index is -5.08. The predicted molar refractivity (Wildman–Crippen MR) is 135 cm³/mol. The van der Waals surface area contributed by atoms with E-state index in [0.717, 1.165) is 39.5 Å². The molecule has 11 nitrogen and oxygen atoms in total. The second kappa shape index (κ2) is 13.4. The van der Waals surface area contributed by atoms with Gasteiger partial charge in [0.2, 0.25) is 0 Å². The average molecular weight is 656 g/mol. The second-order valence-corrected chi connectivity index (χ2v) is 9.42. The highest BCUT2D eigenvalue weighted by atomic mass is 19.4. The van der Waals surface area contributed by atoms with Crippen molar-refractivity contribution in [2.24, 2.45) is 5.92 Å². The van der Waals surface area contributed by atoms with Gasteiger partial charge in [0.15, 0.2) is 0 Å². The van der Waals surface area contributed by atoms with Gasteiger partial charge in [0.1, 0.15) is 17.3 Å². The third-order valence-electron chi connectivity index (χ3n) is 6.17. The maximum atomic E-state index is 12.8. The summed E-state index contributed by atoms with van der Waals surface area (Å²) in [6.45, 7) is 0.207. The summed E-state index contributed by atoms with van der Waals surface area (Å²) in [5.74, 6) is -6.04. The normalized spacial score (nSPS) is 15.8. The zero-order valence-corrected chi connectivity index (χ0v) is 22.4. The average Bonchev–Trinajstić information content (AvgIpc) is 3.30. The number of anilines is 2. The van der Waals surface area contributed by atoms with Crippen LogP contribution in [0.4, 0.5) is 51.0 Å². The molecule has 0 bridgehead atoms. The SMILES string of the molecule is O=C(N1CCCC(Cc2nc3c([nH]2)-c2ccncc2Nc2ncccc2-3)C1)C(F)(F)F.O=C(O)C(F)(F)F.O=C(O)C(F)(F)F. The summed E-state index contributed by atoms with van der Waals surface area (Å²) in [4.78, 5) is 47.1. The number of H-pyrrole nitrogens is 1. The summed E-state index contributed by atoms with van der Waals surface area (Å²) >= 11 is 0. The molecule has 244 valence electrons. The fourth-order valence-corrected chi connectivity index (χ4v) is 4.31. The van der Waals surface area contributed by atoms with Gasteiger partial charge in [-0.2, -0.15) is 39.5 Å². The number of pyridine rings is 2. The molecule has 3 aromatic heterocycles. The number of amides is 1. The number of hydrogen-bond acceptors (Lipinski definition) is 7. The first-order chi connectivity index (χ1) is 20.8. The lowest BCUT2D eigenvalue weighted by atomic mass is 9.94. The van der Waals surface area contributed by atoms with Gasteiger partial charge in [-0.05, 0) is 37.0 Å². The van der Waals surface area contributed by atoms with E-state index in [1.54, 1.807) is 18.6 Å². The monoisotopic (exact) mass is 656 g/mol. The number of nitrogens with one attached hydrogen (secondary N) is 2. The lowest BCUT2D eigenvalue weighted by Crippen LogP contribution is -2.46. The number of piperidine rings is 1. The van der Waals surface area contributed by atoms with Crippen LogP contribution < -0.4 is 5.32 Å². The van der Waals surface area contributed by atoms with E-state index in [1.165, 1.54) is 0 Å². The molecule has 1 atom stereocenters. The number of carboxylic acid groups (broad SMARTS) is 2. The van der Waals surface area contributed by atoms with Gasteiger partial charge in [-0.3, -0.25) is 9.78 Å². The highest BCUT2D eigenvalue weighted by Crippen LogP contribution is 2.42. The maximum absolute atomic E-state index is 12.8. The number of aromatic nitrogens is 4. The van der Waals surface area contributed by atoms with Crippen LogP contribution in [0, 0.1) is 5.92 Å². The third-order valence-corrected chi connectivity index (χ3v) is 6.17. The highest BCUT2D eigenvalue weighted by molar-refractivity contribution is 5.94. The number of hydrogen-bond donors (Lipinski definition) is 4. The number of rotatable bonds is 2. The van der Waals surface area contributed by atoms with E-state index in [-0.39, 0.29) is 19.0 Å². The van der Waals surface area contributed by atoms with E-state index in [2.05, 4.69) is 20.3 Å². The number of carbonyl (C=O) groups is 3. The summed E-state index contributed by atoms with van der Waals surface area (Å²) in [5.41, 5.74) is 4.05. The quantitative estimate of drug-likeness (QED) is 0.213. The van der Waals surface area contributed by atoms with Crippen LogP contribution in [-0.2, 0) is 20.8 Å². The Labute approximate surface area is 246 Å². The van der Waals surface area contributed by atoms with Gasteiger partial charge >= 0.3 is 36.4 Å². The fraction of sp³-hybridized carbons (Fsp3) is 0.360. The van der Waals surface area contributed by atoms with Crippen LogP contribution in [-0.4, -0.2) is 84.5 Å². The lowest BCUT2D eigenvalue weighted by molar-refractivity contribution is -0.193. The first-order valence-corrected chi connectivity index (χ1v) is 12.5. The van der Waals surface area contributed by atoms with Crippen molar-refractivity contribution in [1.82, 2.24) is 24.8 Å². The summed E-state index contributed by atoms with van der Waals surface area (Å²) in [5, 5.41) is 17.5. The number of halogens is 9. The molecule has 0 aromatic carbocycles. The fourth-order valence-electron chi connectivity index (χ4n) is 4.31. The van der Waals surface area contributed by atoms with Crippen LogP contribution in [0.15, 0.2) is 36.8 Å². The molecular formula is C25H21F9N6O5. The van der Waals surface area contributed by atoms with Crippen LogP contribution in [0.5, 0.6) is 0 Å². The van der Waals surface area contributed by atoms with Crippen molar-refractivity contribution in [2.45, 2.75) is 37.8 Å². The number of carbonyl (C=O) groups excluding carboxylic acids is 1. The molecule has 1 amide bonds. The van der Waals surface area contributed by atoms with Crippen molar-refractivity contribution in [1.29, 1.82) is 0 Å². The van der Waals surface area contributed by atoms with Gasteiger partial charge in [-0.1, -0.05) is 0 Å². The Kier molecular flexibility index (Phi) is 10.3. The zero-order valence-electron chi connectivity index (χ0n) is 22.4. The van der Waals surface area contributed by atoms with Gasteiger partial charge < -0.3 is 25.4 Å². The van der Waals surface area contributed by atoms with Gasteiger partial charge in [-0.25, -0.2) is 19.6 Å². The number of imidazole rings is 1. The van der Waals surface area contributed by atoms with Crippen LogP contribution in [0.3, 0.4) is 0 Å². The minimum absolute atomic E-state index is 0.0733. The number of aromatic amines is 1. The van der Waals surface area contributed by atoms with Crippen molar-refractivity contribution < 1.29 is 64.1 Å². The van der Waals surface area contributed by atoms with Crippen molar-refractivity contribution in [3.8, 4) is 22.5 Å². The Morgan fingerprint density at radius 3 is 2.11 bits per heavy atom. The van der Waals surface area contributed by atoms with Crippen LogP contribution in [0.25, 0.3) is 22.5 Å². The van der Waals surface area contributed by atoms with Crippen LogP contribution in [0.2, 0.25) is 0 Å². The third kappa shape index (κ3) is 9.05. The molecule has 5 rings (SSSR count). The Bertz CT molecular complexity index is 1450. The van der Waals surface area contributed by atoms with E-state index < -0.39 is 36.4 Å². The minimum Gasteiger partial charge on any atom is -0.475 e. The van der Waals surface area contributed by atoms with Gasteiger partial charge in [0, 0.05) is 43.0 Å². The Hall–Kier alpha value is -4.91. The molecule has 0 radical (unpaired) electrons. The molecule has 5 heterocycles. The van der Waals surface area contributed by atoms with Crippen molar-refractivity contribution >= 4 is 29.4 Å². The molecule has 0 spiro atoms. The molecule has 1 saturated heterocycles. The highest BCUT2D eigenvalue weighted by Gasteiger charge is 2.44. The molecule has 2 aliphatic heterocycles. The summed E-state index contributed by atoms with van der Waals surface area (Å²) in [6, 6.07) is 5.62. The number of aliphatic carboxylic acids is 2. The largest absolute Gasteiger partial charge is 0.490 e. The van der Waals surface area contributed by atoms with Crippen LogP contribution in [0.1, 0.15) is 18.7 Å². The van der Waals surface area contributed by atoms with E-state index in [9.17, 15) is 44.3 Å². The van der Waals surface area contributed by atoms with Crippen LogP contribution >= 0.6 is 0 Å². The predicted octanol–water partition coefficient (Wildman–Crippen LogP) is 5.20. The molecule has 0 aliphatic carbocycles. The van der Waals surface area contributed by atoms with Gasteiger partial charge in [0.05, 0.1) is 17.6 Å². The first-order valence-electron chi connectivity index (χ1n) is 12.5. The Morgan fingerprint density at radius 1 is 0.911 bits per heavy atom.